The van der Waals surface area contributed by atoms with Gasteiger partial charge in [0.05, 0.1) is 17.3 Å². The second kappa shape index (κ2) is 10.9. The fraction of sp³-hybridized carbons (Fsp3) is 0.344. The van der Waals surface area contributed by atoms with Crippen LogP contribution in [0.25, 0.3) is 22.2 Å². The number of piperidine rings is 1. The predicted octanol–water partition coefficient (Wildman–Crippen LogP) is 6.03. The van der Waals surface area contributed by atoms with Crippen molar-refractivity contribution >= 4 is 23.2 Å². The van der Waals surface area contributed by atoms with Gasteiger partial charge in [-0.05, 0) is 67.3 Å². The standard InChI is InChI=1S/C32H34N4O3/c1-2-6-29(21-7-4-3-5-8-21)33-32(38)23-11-16-30-28(17-23)31(35-34-30)22-9-14-26(15-10-22)39-27-18-24-12-13-25(19-27)36(24)20-37/h3-5,7-11,14-17,20,24-25,27,29H,2,6,12-13,18-19H2,1H3,(H,33,38)(H,34,35)/t24-,25+,27?,29-/m0/s1. The molecule has 2 N–H and O–H groups in total. The van der Waals surface area contributed by atoms with E-state index in [-0.39, 0.29) is 18.1 Å². The van der Waals surface area contributed by atoms with Crippen LogP contribution in [0.3, 0.4) is 0 Å². The quantitative estimate of drug-likeness (QED) is 0.263. The van der Waals surface area contributed by atoms with Crippen molar-refractivity contribution in [1.29, 1.82) is 0 Å². The van der Waals surface area contributed by atoms with Crippen LogP contribution in [0.15, 0.2) is 72.8 Å². The van der Waals surface area contributed by atoms with Crippen LogP contribution in [0.4, 0.5) is 0 Å². The Balaban J connectivity index is 1.17. The largest absolute Gasteiger partial charge is 0.490 e. The lowest BCUT2D eigenvalue weighted by atomic mass is 10.0. The monoisotopic (exact) mass is 522 g/mol. The van der Waals surface area contributed by atoms with Gasteiger partial charge in [0.25, 0.3) is 5.91 Å². The second-order valence-corrected chi connectivity index (χ2v) is 10.7. The first kappa shape index (κ1) is 25.2. The minimum atomic E-state index is -0.0929. The van der Waals surface area contributed by atoms with Crippen LogP contribution < -0.4 is 10.1 Å². The number of ether oxygens (including phenoxy) is 1. The van der Waals surface area contributed by atoms with E-state index in [0.717, 1.165) is 78.4 Å². The Morgan fingerprint density at radius 3 is 2.51 bits per heavy atom. The molecule has 4 aromatic rings. The number of aromatic nitrogens is 2. The van der Waals surface area contributed by atoms with Gasteiger partial charge in [-0.25, -0.2) is 0 Å². The molecule has 2 aliphatic heterocycles. The number of benzene rings is 3. The fourth-order valence-electron chi connectivity index (χ4n) is 6.23. The van der Waals surface area contributed by atoms with Gasteiger partial charge in [-0.1, -0.05) is 43.7 Å². The molecule has 1 unspecified atom stereocenters. The zero-order chi connectivity index (χ0) is 26.8. The molecule has 7 heteroatoms. The number of carbonyl (C=O) groups excluding carboxylic acids is 2. The van der Waals surface area contributed by atoms with Crippen LogP contribution in [-0.2, 0) is 4.79 Å². The first-order valence-corrected chi connectivity index (χ1v) is 14.0. The number of nitrogens with one attached hydrogen (secondary N) is 2. The van der Waals surface area contributed by atoms with Crippen molar-refractivity contribution < 1.29 is 14.3 Å². The topological polar surface area (TPSA) is 87.3 Å². The van der Waals surface area contributed by atoms with Gasteiger partial charge in [0, 0.05) is 41.4 Å². The van der Waals surface area contributed by atoms with Crippen LogP contribution in [0.2, 0.25) is 0 Å². The predicted molar refractivity (Wildman–Crippen MR) is 151 cm³/mol. The molecule has 39 heavy (non-hydrogen) atoms. The van der Waals surface area contributed by atoms with Crippen molar-refractivity contribution in [3.05, 3.63) is 83.9 Å². The molecule has 1 aromatic heterocycles. The molecule has 0 spiro atoms. The van der Waals surface area contributed by atoms with Crippen LogP contribution in [0.5, 0.6) is 5.75 Å². The van der Waals surface area contributed by atoms with Gasteiger partial charge >= 0.3 is 0 Å². The average Bonchev–Trinajstić information content (AvgIpc) is 3.50. The molecule has 3 heterocycles. The van der Waals surface area contributed by atoms with Crippen LogP contribution in [-0.4, -0.2) is 45.6 Å². The van der Waals surface area contributed by atoms with Gasteiger partial charge in [-0.2, -0.15) is 5.10 Å². The smallest absolute Gasteiger partial charge is 0.251 e. The van der Waals surface area contributed by atoms with Crippen LogP contribution in [0, 0.1) is 0 Å². The zero-order valence-electron chi connectivity index (χ0n) is 22.2. The molecule has 2 saturated heterocycles. The number of fused-ring (bicyclic) bond motifs is 3. The molecule has 2 fully saturated rings. The molecule has 7 nitrogen and oxygen atoms in total. The van der Waals surface area contributed by atoms with Gasteiger partial charge in [-0.3, -0.25) is 14.7 Å². The Bertz CT molecular complexity index is 1440. The minimum absolute atomic E-state index is 0.0309. The number of carbonyl (C=O) groups is 2. The lowest BCUT2D eigenvalue weighted by Crippen LogP contribution is -2.45. The summed E-state index contributed by atoms with van der Waals surface area (Å²) in [4.78, 5) is 26.6. The van der Waals surface area contributed by atoms with E-state index in [4.69, 9.17) is 4.74 Å². The summed E-state index contributed by atoms with van der Waals surface area (Å²) < 4.78 is 6.31. The maximum Gasteiger partial charge on any atom is 0.251 e. The van der Waals surface area contributed by atoms with E-state index in [9.17, 15) is 9.59 Å². The number of amides is 2. The third-order valence-corrected chi connectivity index (χ3v) is 8.21. The molecule has 3 aromatic carbocycles. The summed E-state index contributed by atoms with van der Waals surface area (Å²) in [5, 5.41) is 11.8. The van der Waals surface area contributed by atoms with E-state index in [1.807, 2.05) is 65.6 Å². The highest BCUT2D eigenvalue weighted by Gasteiger charge is 2.40. The summed E-state index contributed by atoms with van der Waals surface area (Å²) in [6, 6.07) is 24.4. The van der Waals surface area contributed by atoms with Gasteiger partial charge in [-0.15, -0.1) is 0 Å². The lowest BCUT2D eigenvalue weighted by molar-refractivity contribution is -0.123. The van der Waals surface area contributed by atoms with Crippen molar-refractivity contribution in [3.8, 4) is 17.0 Å². The van der Waals surface area contributed by atoms with Gasteiger partial charge in [0.1, 0.15) is 11.9 Å². The summed E-state index contributed by atoms with van der Waals surface area (Å²) in [5.41, 5.74) is 4.36. The van der Waals surface area contributed by atoms with E-state index in [1.165, 1.54) is 0 Å². The normalized spacial score (nSPS) is 21.1. The van der Waals surface area contributed by atoms with Crippen molar-refractivity contribution in [2.45, 2.75) is 69.7 Å². The number of hydrogen-bond acceptors (Lipinski definition) is 4. The summed E-state index contributed by atoms with van der Waals surface area (Å²) in [7, 11) is 0. The first-order valence-electron chi connectivity index (χ1n) is 14.0. The number of hydrogen-bond donors (Lipinski definition) is 2. The minimum Gasteiger partial charge on any atom is -0.490 e. The molecular formula is C32H34N4O3. The second-order valence-electron chi connectivity index (χ2n) is 10.7. The summed E-state index contributed by atoms with van der Waals surface area (Å²) in [6.07, 6.45) is 6.89. The summed E-state index contributed by atoms with van der Waals surface area (Å²) in [6.45, 7) is 2.13. The maximum absolute atomic E-state index is 13.3. The molecule has 0 radical (unpaired) electrons. The van der Waals surface area contributed by atoms with E-state index < -0.39 is 0 Å². The van der Waals surface area contributed by atoms with Crippen molar-refractivity contribution in [3.63, 3.8) is 0 Å². The van der Waals surface area contributed by atoms with E-state index in [1.54, 1.807) is 0 Å². The third-order valence-electron chi connectivity index (χ3n) is 8.21. The van der Waals surface area contributed by atoms with Crippen molar-refractivity contribution in [1.82, 2.24) is 20.4 Å². The van der Waals surface area contributed by atoms with E-state index in [2.05, 4.69) is 34.6 Å². The molecule has 6 rings (SSSR count). The Labute approximate surface area is 228 Å². The Morgan fingerprint density at radius 1 is 1.08 bits per heavy atom. The van der Waals surface area contributed by atoms with Crippen molar-refractivity contribution in [2.75, 3.05) is 0 Å². The maximum atomic E-state index is 13.3. The highest BCUT2D eigenvalue weighted by Crippen LogP contribution is 2.36. The molecule has 2 bridgehead atoms. The molecular weight excluding hydrogens is 488 g/mol. The van der Waals surface area contributed by atoms with Gasteiger partial charge in [0.2, 0.25) is 6.41 Å². The molecule has 0 saturated carbocycles. The first-order chi connectivity index (χ1) is 19.1. The van der Waals surface area contributed by atoms with E-state index in [0.29, 0.717) is 17.6 Å². The Kier molecular flexibility index (Phi) is 7.05. The number of H-pyrrole nitrogens is 1. The fourth-order valence-corrected chi connectivity index (χ4v) is 6.23. The van der Waals surface area contributed by atoms with Gasteiger partial charge < -0.3 is 15.0 Å². The van der Waals surface area contributed by atoms with E-state index >= 15 is 0 Å². The summed E-state index contributed by atoms with van der Waals surface area (Å²) >= 11 is 0. The molecule has 2 aliphatic rings. The summed E-state index contributed by atoms with van der Waals surface area (Å²) in [5.74, 6) is 0.732. The molecule has 2 amide bonds. The third kappa shape index (κ3) is 5.13. The van der Waals surface area contributed by atoms with Crippen LogP contribution >= 0.6 is 0 Å². The Morgan fingerprint density at radius 2 is 1.82 bits per heavy atom. The number of rotatable bonds is 9. The molecule has 0 aliphatic carbocycles. The SMILES string of the molecule is CCC[C@H](NC(=O)c1ccc2[nH]nc(-c3ccc(OC4C[C@H]5CC[C@@H](C4)N5C=O)cc3)c2c1)c1ccccc1. The highest BCUT2D eigenvalue weighted by molar-refractivity contribution is 6.01. The number of aromatic amines is 1. The van der Waals surface area contributed by atoms with Gasteiger partial charge in [0.15, 0.2) is 0 Å². The molecule has 4 atom stereocenters. The Hall–Kier alpha value is -4.13. The zero-order valence-corrected chi connectivity index (χ0v) is 22.2. The average molecular weight is 523 g/mol. The number of nitrogens with zero attached hydrogens (tertiary/aromatic N) is 2. The van der Waals surface area contributed by atoms with Crippen LogP contribution in [0.1, 0.15) is 67.4 Å². The highest BCUT2D eigenvalue weighted by atomic mass is 16.5. The lowest BCUT2D eigenvalue weighted by Gasteiger charge is -2.36. The van der Waals surface area contributed by atoms with Crippen molar-refractivity contribution in [2.24, 2.45) is 0 Å². The molecule has 200 valence electrons.